The van der Waals surface area contributed by atoms with Crippen LogP contribution in [0.1, 0.15) is 36.8 Å². The zero-order valence-corrected chi connectivity index (χ0v) is 20.1. The number of hydrogen-bond acceptors (Lipinski definition) is 4. The summed E-state index contributed by atoms with van der Waals surface area (Å²) in [6, 6.07) is 15.8. The molecule has 0 saturated heterocycles. The van der Waals surface area contributed by atoms with Crippen molar-refractivity contribution in [1.82, 2.24) is 4.72 Å². The Morgan fingerprint density at radius 3 is 2.03 bits per heavy atom. The molecule has 36 heavy (non-hydrogen) atoms. The Balaban J connectivity index is 1.33. The predicted molar refractivity (Wildman–Crippen MR) is 131 cm³/mol. The van der Waals surface area contributed by atoms with Gasteiger partial charge in [0.2, 0.25) is 0 Å². The Kier molecular flexibility index (Phi) is 7.12. The largest absolute Gasteiger partial charge is 0.573 e. The van der Waals surface area contributed by atoms with Crippen LogP contribution in [0.4, 0.5) is 33.3 Å². The number of benzene rings is 3. The Labute approximate surface area is 210 Å². The summed E-state index contributed by atoms with van der Waals surface area (Å²) in [7, 11) is 0. The van der Waals surface area contributed by atoms with Crippen LogP contribution in [-0.2, 0) is 12.8 Å². The van der Waals surface area contributed by atoms with Crippen molar-refractivity contribution in [3.05, 3.63) is 83.4 Å². The minimum Gasteiger partial charge on any atom is -0.406 e. The Morgan fingerprint density at radius 2 is 1.44 bits per heavy atom. The maximum absolute atomic E-state index is 14.1. The van der Waals surface area contributed by atoms with Crippen molar-refractivity contribution in [2.45, 2.75) is 61.9 Å². The third kappa shape index (κ3) is 5.78. The number of ether oxygens (including phenoxy) is 1. The van der Waals surface area contributed by atoms with Crippen molar-refractivity contribution in [2.75, 3.05) is 4.90 Å². The first-order chi connectivity index (χ1) is 17.2. The van der Waals surface area contributed by atoms with E-state index in [2.05, 4.69) is 14.4 Å². The van der Waals surface area contributed by atoms with Crippen LogP contribution in [0.15, 0.2) is 65.6 Å². The number of nitrogens with one attached hydrogen (secondary N) is 1. The summed E-state index contributed by atoms with van der Waals surface area (Å²) in [5.41, 5.74) is 3.75. The number of aryl methyl sites for hydroxylation is 2. The second-order valence-electron chi connectivity index (χ2n) is 9.17. The molecule has 0 amide bonds. The third-order valence-electron chi connectivity index (χ3n) is 6.68. The van der Waals surface area contributed by atoms with Gasteiger partial charge in [0.15, 0.2) is 0 Å². The molecule has 2 unspecified atom stereocenters. The lowest BCUT2D eigenvalue weighted by Gasteiger charge is -2.40. The molecule has 2 atom stereocenters. The SMILES string of the molecule is Fc1ccc2c(c1)CCc1cc(F)ccc1N2C1CCCC(NSc2ccc(OC(F)(F)F)cc2)C1. The number of halogens is 5. The number of anilines is 2. The van der Waals surface area contributed by atoms with Gasteiger partial charge in [-0.25, -0.2) is 8.78 Å². The summed E-state index contributed by atoms with van der Waals surface area (Å²) in [4.78, 5) is 3.03. The first-order valence-electron chi connectivity index (χ1n) is 11.9. The average molecular weight is 521 g/mol. The molecule has 1 saturated carbocycles. The highest BCUT2D eigenvalue weighted by Crippen LogP contribution is 2.41. The molecule has 1 fully saturated rings. The van der Waals surface area contributed by atoms with Crippen LogP contribution in [0, 0.1) is 11.6 Å². The van der Waals surface area contributed by atoms with Crippen molar-refractivity contribution in [2.24, 2.45) is 0 Å². The monoisotopic (exact) mass is 520 g/mol. The van der Waals surface area contributed by atoms with Crippen LogP contribution in [0.5, 0.6) is 5.75 Å². The molecule has 0 aromatic heterocycles. The summed E-state index contributed by atoms with van der Waals surface area (Å²) in [5.74, 6) is -0.815. The molecule has 2 aliphatic rings. The van der Waals surface area contributed by atoms with Crippen LogP contribution < -0.4 is 14.4 Å². The summed E-state index contributed by atoms with van der Waals surface area (Å²) in [5, 5.41) is 0. The molecule has 0 bridgehead atoms. The second-order valence-corrected chi connectivity index (χ2v) is 10.1. The van der Waals surface area contributed by atoms with Gasteiger partial charge in [0.25, 0.3) is 0 Å². The number of hydrogen-bond donors (Lipinski definition) is 1. The van der Waals surface area contributed by atoms with Crippen molar-refractivity contribution in [1.29, 1.82) is 0 Å². The van der Waals surface area contributed by atoms with Gasteiger partial charge in [0.05, 0.1) is 0 Å². The molecule has 0 spiro atoms. The lowest BCUT2D eigenvalue weighted by Crippen LogP contribution is -2.41. The van der Waals surface area contributed by atoms with Crippen LogP contribution in [0.3, 0.4) is 0 Å². The minimum atomic E-state index is -4.72. The van der Waals surface area contributed by atoms with Gasteiger partial charge in [-0.1, -0.05) is 0 Å². The number of alkyl halides is 3. The zero-order valence-electron chi connectivity index (χ0n) is 19.3. The highest BCUT2D eigenvalue weighted by atomic mass is 32.2. The quantitative estimate of drug-likeness (QED) is 0.275. The topological polar surface area (TPSA) is 24.5 Å². The van der Waals surface area contributed by atoms with E-state index in [1.165, 1.54) is 36.2 Å². The van der Waals surface area contributed by atoms with E-state index >= 15 is 0 Å². The average Bonchev–Trinajstić information content (AvgIpc) is 2.99. The summed E-state index contributed by atoms with van der Waals surface area (Å²) in [6.07, 6.45) is 0.253. The second kappa shape index (κ2) is 10.3. The highest BCUT2D eigenvalue weighted by Gasteiger charge is 2.32. The molecule has 190 valence electrons. The van der Waals surface area contributed by atoms with E-state index < -0.39 is 6.36 Å². The van der Waals surface area contributed by atoms with Gasteiger partial charge >= 0.3 is 6.36 Å². The van der Waals surface area contributed by atoms with Gasteiger partial charge in [-0.3, -0.25) is 4.72 Å². The Morgan fingerprint density at radius 1 is 0.833 bits per heavy atom. The lowest BCUT2D eigenvalue weighted by atomic mass is 9.89. The molecular formula is C27H25F5N2OS. The summed E-state index contributed by atoms with van der Waals surface area (Å²) >= 11 is 1.38. The number of fused-ring (bicyclic) bond motifs is 2. The van der Waals surface area contributed by atoms with Crippen LogP contribution >= 0.6 is 11.9 Å². The number of nitrogens with zero attached hydrogens (tertiary/aromatic N) is 1. The summed E-state index contributed by atoms with van der Waals surface area (Å²) in [6.45, 7) is 0. The van der Waals surface area contributed by atoms with Gasteiger partial charge in [-0.05, 0) is 122 Å². The third-order valence-corrected chi connectivity index (χ3v) is 7.64. The molecule has 1 N–H and O–H groups in total. The van der Waals surface area contributed by atoms with Gasteiger partial charge in [-0.15, -0.1) is 13.2 Å². The van der Waals surface area contributed by atoms with E-state index in [0.717, 1.165) is 53.1 Å². The Hall–Kier alpha value is -2.78. The molecule has 5 rings (SSSR count). The van der Waals surface area contributed by atoms with Gasteiger partial charge in [0.1, 0.15) is 17.4 Å². The fourth-order valence-corrected chi connectivity index (χ4v) is 5.93. The van der Waals surface area contributed by atoms with E-state index in [0.29, 0.717) is 12.8 Å². The summed E-state index contributed by atoms with van der Waals surface area (Å²) < 4.78 is 72.7. The first-order valence-corrected chi connectivity index (χ1v) is 12.7. The van der Waals surface area contributed by atoms with Crippen molar-refractivity contribution in [3.8, 4) is 5.75 Å². The fraction of sp³-hybridized carbons (Fsp3) is 0.333. The highest BCUT2D eigenvalue weighted by molar-refractivity contribution is 7.97. The first kappa shape index (κ1) is 24.9. The van der Waals surface area contributed by atoms with E-state index in [4.69, 9.17) is 0 Å². The van der Waals surface area contributed by atoms with E-state index in [1.807, 2.05) is 12.1 Å². The maximum atomic E-state index is 14.1. The van der Waals surface area contributed by atoms with Gasteiger partial charge in [-0.2, -0.15) is 0 Å². The normalized spacial score (nSPS) is 19.9. The molecule has 0 radical (unpaired) electrons. The maximum Gasteiger partial charge on any atom is 0.573 e. The molecule has 3 nitrogen and oxygen atoms in total. The molecule has 1 aliphatic carbocycles. The van der Waals surface area contributed by atoms with Crippen LogP contribution in [0.2, 0.25) is 0 Å². The van der Waals surface area contributed by atoms with E-state index in [1.54, 1.807) is 24.3 Å². The minimum absolute atomic E-state index is 0.130. The van der Waals surface area contributed by atoms with Crippen molar-refractivity contribution in [3.63, 3.8) is 0 Å². The fourth-order valence-electron chi connectivity index (χ4n) is 5.14. The van der Waals surface area contributed by atoms with Crippen molar-refractivity contribution < 1.29 is 26.7 Å². The molecule has 1 heterocycles. The molecule has 1 aliphatic heterocycles. The van der Waals surface area contributed by atoms with Gasteiger partial charge in [0, 0.05) is 28.4 Å². The van der Waals surface area contributed by atoms with Gasteiger partial charge < -0.3 is 9.64 Å². The smallest absolute Gasteiger partial charge is 0.406 e. The molecule has 9 heteroatoms. The molecule has 3 aromatic carbocycles. The van der Waals surface area contributed by atoms with Crippen LogP contribution in [0.25, 0.3) is 0 Å². The lowest BCUT2D eigenvalue weighted by molar-refractivity contribution is -0.274. The Bertz CT molecular complexity index is 1160. The molecular weight excluding hydrogens is 495 g/mol. The predicted octanol–water partition coefficient (Wildman–Crippen LogP) is 7.71. The molecule has 3 aromatic rings. The standard InChI is InChI=1S/C27H25F5N2OS/c28-19-6-12-25-17(14-19)4-5-18-15-20(29)7-13-26(18)34(25)22-3-1-2-21(16-22)33-36-24-10-8-23(9-11-24)35-27(30,31)32/h6-15,21-22,33H,1-5,16H2. The van der Waals surface area contributed by atoms with Crippen molar-refractivity contribution >= 4 is 23.3 Å². The van der Waals surface area contributed by atoms with Crippen LogP contribution in [-0.4, -0.2) is 18.4 Å². The van der Waals surface area contributed by atoms with E-state index in [9.17, 15) is 22.0 Å². The number of rotatable bonds is 5. The zero-order chi connectivity index (χ0) is 25.3. The van der Waals surface area contributed by atoms with E-state index in [-0.39, 0.29) is 29.5 Å².